The average molecular weight is 432 g/mol. The number of phosphoric acid groups is 4. The Balaban J connectivity index is -0.000000116. The Kier molecular flexibility index (Phi) is 17.9. The van der Waals surface area contributed by atoms with Crippen molar-refractivity contribution in [2.75, 3.05) is 0 Å². The van der Waals surface area contributed by atoms with Crippen molar-refractivity contribution < 1.29 is 66.0 Å². The molecule has 0 amide bonds. The van der Waals surface area contributed by atoms with E-state index in [1.54, 1.807) is 0 Å². The van der Waals surface area contributed by atoms with Crippen molar-refractivity contribution in [3.8, 4) is 0 Å². The van der Waals surface area contributed by atoms with E-state index in [1.165, 1.54) is 0 Å². The molecule has 0 saturated carbocycles. The zero-order valence-corrected chi connectivity index (χ0v) is 17.1. The number of rotatable bonds is 4. The fourth-order valence-corrected chi connectivity index (χ4v) is 2.35. The van der Waals surface area contributed by atoms with Gasteiger partial charge in [0.15, 0.2) is 0 Å². The Labute approximate surface area is 170 Å². The van der Waals surface area contributed by atoms with Crippen molar-refractivity contribution in [3.05, 3.63) is 0 Å². The quantitative estimate of drug-likeness (QED) is 0.240. The van der Waals surface area contributed by atoms with Crippen LogP contribution in [0.4, 0.5) is 0 Å². The van der Waals surface area contributed by atoms with E-state index in [0.717, 1.165) is 0 Å². The van der Waals surface area contributed by atoms with E-state index in [-0.39, 0.29) is 75.5 Å². The molecule has 0 radical (unpaired) electrons. The van der Waals surface area contributed by atoms with Gasteiger partial charge in [-0.25, -0.2) is 9.13 Å². The normalized spacial score (nSPS) is 12.4. The van der Waals surface area contributed by atoms with Crippen molar-refractivity contribution in [2.24, 2.45) is 0 Å². The van der Waals surface area contributed by atoms with Crippen LogP contribution in [0.25, 0.3) is 0 Å². The maximum atomic E-state index is 9.63. The summed E-state index contributed by atoms with van der Waals surface area (Å²) in [6, 6.07) is 0. The van der Waals surface area contributed by atoms with Crippen molar-refractivity contribution in [1.29, 1.82) is 0 Å². The molecule has 0 aliphatic heterocycles. The third kappa shape index (κ3) is 37.4. The van der Waals surface area contributed by atoms with Crippen LogP contribution in [0.15, 0.2) is 0 Å². The molecule has 0 aromatic rings. The van der Waals surface area contributed by atoms with Gasteiger partial charge < -0.3 is 52.6 Å². The molecule has 0 saturated heterocycles. The largest absolute Gasteiger partial charge is 2.00 e. The minimum absolute atomic E-state index is 0. The van der Waals surface area contributed by atoms with E-state index in [4.69, 9.17) is 19.6 Å². The van der Waals surface area contributed by atoms with Crippen molar-refractivity contribution >= 4 is 107 Å². The van der Waals surface area contributed by atoms with Gasteiger partial charge >= 0.3 is 91.1 Å². The molecule has 0 aliphatic carbocycles. The third-order valence-corrected chi connectivity index (χ3v) is 3.71. The first kappa shape index (κ1) is 30.9. The van der Waals surface area contributed by atoms with Crippen LogP contribution in [-0.4, -0.2) is 95.1 Å². The molecular weight excluding hydrogens is 428 g/mol. The monoisotopic (exact) mass is 432 g/mol. The molecule has 0 spiro atoms. The fourth-order valence-electron chi connectivity index (χ4n) is 0.261. The molecule has 112 valence electrons. The molecule has 20 heteroatoms. The summed E-state index contributed by atoms with van der Waals surface area (Å²) < 4.78 is 43.4. The Bertz CT molecular complexity index is 346. The number of hydrogen-bond donors (Lipinski definition) is 4. The van der Waals surface area contributed by atoms with E-state index in [2.05, 4.69) is 8.62 Å². The first-order chi connectivity index (χ1) is 7.41. The second-order valence-corrected chi connectivity index (χ2v) is 7.10. The molecule has 0 bridgehead atoms. The molecule has 0 rings (SSSR count). The molecule has 4 N–H and O–H groups in total. The SMILES string of the molecule is O=P(O)(O)OP(=O)(O)O.O=P([O-])([O-])OP(=O)([O-])[O-].[Ca+2].[Ca+2]. The van der Waals surface area contributed by atoms with Crippen LogP contribution in [0, 0.1) is 0 Å². The summed E-state index contributed by atoms with van der Waals surface area (Å²) in [5, 5.41) is 0. The minimum atomic E-state index is -5.68. The summed E-state index contributed by atoms with van der Waals surface area (Å²) in [7, 11) is -21.5. The Morgan fingerprint density at radius 3 is 0.800 bits per heavy atom. The second kappa shape index (κ2) is 11.6. The van der Waals surface area contributed by atoms with E-state index in [1.807, 2.05) is 0 Å². The standard InChI is InChI=1S/2Ca.2H4O7P2/c;;2*1-8(2,3)7-9(4,5)6/h;;2*(H2,1,2,3)(H2,4,5,6)/q2*+2;;/p-4. The van der Waals surface area contributed by atoms with Crippen LogP contribution in [-0.2, 0) is 26.9 Å². The van der Waals surface area contributed by atoms with Gasteiger partial charge in [0.25, 0.3) is 0 Å². The van der Waals surface area contributed by atoms with Crippen LogP contribution in [0.2, 0.25) is 0 Å². The van der Waals surface area contributed by atoms with Gasteiger partial charge in [0.2, 0.25) is 0 Å². The summed E-state index contributed by atoms with van der Waals surface area (Å²) in [5.74, 6) is 0. The van der Waals surface area contributed by atoms with Crippen molar-refractivity contribution in [2.45, 2.75) is 0 Å². The minimum Gasteiger partial charge on any atom is -0.790 e. The fraction of sp³-hybridized carbons (Fsp3) is 0. The van der Waals surface area contributed by atoms with Crippen molar-refractivity contribution in [3.63, 3.8) is 0 Å². The van der Waals surface area contributed by atoms with Crippen LogP contribution < -0.4 is 19.6 Å². The summed E-state index contributed by atoms with van der Waals surface area (Å²) >= 11 is 0. The van der Waals surface area contributed by atoms with Gasteiger partial charge in [0, 0.05) is 0 Å². The van der Waals surface area contributed by atoms with Crippen LogP contribution >= 0.6 is 31.3 Å². The first-order valence-electron chi connectivity index (χ1n) is 2.99. The number of hydrogen-bond acceptors (Lipinski definition) is 10. The smallest absolute Gasteiger partial charge is 0.790 e. The van der Waals surface area contributed by atoms with Gasteiger partial charge in [-0.2, -0.15) is 4.31 Å². The molecule has 0 unspecified atom stereocenters. The molecule has 0 heterocycles. The van der Waals surface area contributed by atoms with Gasteiger partial charge in [-0.15, -0.1) is 0 Å². The predicted molar refractivity (Wildman–Crippen MR) is 53.0 cm³/mol. The van der Waals surface area contributed by atoms with E-state index >= 15 is 0 Å². The Morgan fingerprint density at radius 1 is 0.600 bits per heavy atom. The van der Waals surface area contributed by atoms with Gasteiger partial charge in [-0.3, -0.25) is 0 Å². The summed E-state index contributed by atoms with van der Waals surface area (Å²) in [5.41, 5.74) is 0. The topological polar surface area (TPSA) is 260 Å². The van der Waals surface area contributed by atoms with E-state index < -0.39 is 31.3 Å². The van der Waals surface area contributed by atoms with E-state index in [9.17, 15) is 37.8 Å². The predicted octanol–water partition coefficient (Wildman–Crippen LogP) is -4.91. The molecular formula is H4Ca2O14P4. The summed E-state index contributed by atoms with van der Waals surface area (Å²) in [6.45, 7) is 0. The molecule has 20 heavy (non-hydrogen) atoms. The maximum absolute atomic E-state index is 9.63. The van der Waals surface area contributed by atoms with Gasteiger partial charge in [0.1, 0.15) is 0 Å². The van der Waals surface area contributed by atoms with E-state index in [0.29, 0.717) is 0 Å². The zero-order valence-electron chi connectivity index (χ0n) is 9.07. The molecule has 0 aromatic carbocycles. The van der Waals surface area contributed by atoms with Crippen LogP contribution in [0.3, 0.4) is 0 Å². The Hall–Kier alpha value is 3.04. The molecule has 0 aliphatic rings. The third-order valence-electron chi connectivity index (χ3n) is 0.413. The Morgan fingerprint density at radius 2 is 0.800 bits per heavy atom. The first-order valence-corrected chi connectivity index (χ1v) is 8.97. The molecule has 0 atom stereocenters. The zero-order chi connectivity index (χ0) is 15.4. The van der Waals surface area contributed by atoms with Gasteiger partial charge in [0.05, 0.1) is 15.6 Å². The maximum Gasteiger partial charge on any atom is 2.00 e. The van der Waals surface area contributed by atoms with Crippen LogP contribution in [0.5, 0.6) is 0 Å². The average Bonchev–Trinajstić information content (AvgIpc) is 1.64. The second-order valence-electron chi connectivity index (χ2n) is 2.04. The molecule has 0 aromatic heterocycles. The molecule has 0 fully saturated rings. The van der Waals surface area contributed by atoms with Gasteiger partial charge in [-0.05, 0) is 0 Å². The van der Waals surface area contributed by atoms with Gasteiger partial charge in [-0.1, -0.05) is 0 Å². The van der Waals surface area contributed by atoms with Crippen LogP contribution in [0.1, 0.15) is 0 Å². The molecule has 14 nitrogen and oxygen atoms in total. The summed E-state index contributed by atoms with van der Waals surface area (Å²) in [4.78, 5) is 68.3. The summed E-state index contributed by atoms with van der Waals surface area (Å²) in [6.07, 6.45) is 0. The van der Waals surface area contributed by atoms with Crippen molar-refractivity contribution in [1.82, 2.24) is 0 Å².